The summed E-state index contributed by atoms with van der Waals surface area (Å²) in [6.45, 7) is 9.14. The number of rotatable bonds is 2. The lowest BCUT2D eigenvalue weighted by Crippen LogP contribution is -2.60. The number of ether oxygens (including phenoxy) is 3. The molecular formula is C21H32O4. The van der Waals surface area contributed by atoms with E-state index in [9.17, 15) is 4.79 Å². The van der Waals surface area contributed by atoms with Gasteiger partial charge in [0.2, 0.25) is 0 Å². The van der Waals surface area contributed by atoms with Crippen LogP contribution in [0.15, 0.2) is 0 Å². The number of hydrogen-bond donors (Lipinski definition) is 0. The summed E-state index contributed by atoms with van der Waals surface area (Å²) < 4.78 is 18.1. The lowest BCUT2D eigenvalue weighted by molar-refractivity contribution is -0.175. The average Bonchev–Trinajstić information content (AvgIpc) is 3.44. The molecule has 140 valence electrons. The Morgan fingerprint density at radius 1 is 1.12 bits per heavy atom. The van der Waals surface area contributed by atoms with Crippen LogP contribution in [0.1, 0.15) is 66.2 Å². The Bertz CT molecular complexity index is 631. The normalized spacial score (nSPS) is 58.5. The molecule has 2 aliphatic heterocycles. The molecule has 0 radical (unpaired) electrons. The maximum Gasteiger partial charge on any atom is 0.311 e. The second-order valence-electron chi connectivity index (χ2n) is 10.2. The molecule has 2 heterocycles. The molecule has 8 atom stereocenters. The summed E-state index contributed by atoms with van der Waals surface area (Å²) in [6, 6.07) is 0. The Labute approximate surface area is 151 Å². The molecule has 3 aliphatic carbocycles. The van der Waals surface area contributed by atoms with Crippen LogP contribution in [-0.2, 0) is 19.0 Å². The molecule has 0 N–H and O–H groups in total. The second-order valence-corrected chi connectivity index (χ2v) is 10.2. The van der Waals surface area contributed by atoms with Crippen LogP contribution in [0.25, 0.3) is 0 Å². The zero-order valence-corrected chi connectivity index (χ0v) is 16.3. The van der Waals surface area contributed by atoms with E-state index in [2.05, 4.69) is 27.7 Å². The average molecular weight is 348 g/mol. The van der Waals surface area contributed by atoms with Gasteiger partial charge in [-0.25, -0.2) is 0 Å². The van der Waals surface area contributed by atoms with Gasteiger partial charge in [0.05, 0.1) is 18.6 Å². The van der Waals surface area contributed by atoms with Gasteiger partial charge in [0.1, 0.15) is 17.3 Å². The highest BCUT2D eigenvalue weighted by atomic mass is 16.7. The molecule has 0 amide bonds. The largest absolute Gasteiger partial charge is 0.469 e. The lowest BCUT2D eigenvalue weighted by atomic mass is 9.43. The molecule has 4 heteroatoms. The van der Waals surface area contributed by atoms with E-state index in [0.29, 0.717) is 23.9 Å². The standard InChI is InChI=1S/C21H32O4/c1-12(2)21-15(24-21)11-14-18(3)8-6-9-19(4,17(22)23-5)13(18)7-10-20(14)16(21)25-20/h12-16H,6-11H2,1-5H3. The SMILES string of the molecule is COC(=O)C1(C)CCCC2(C)C1CCC13OC1C1(C(C)C)OC1CC23. The number of epoxide rings is 2. The third kappa shape index (κ3) is 1.70. The van der Waals surface area contributed by atoms with Gasteiger partial charge in [-0.3, -0.25) is 4.79 Å². The third-order valence-electron chi connectivity index (χ3n) is 9.12. The zero-order chi connectivity index (χ0) is 17.8. The van der Waals surface area contributed by atoms with Crippen LogP contribution in [0.5, 0.6) is 0 Å². The van der Waals surface area contributed by atoms with Crippen molar-refractivity contribution in [2.24, 2.45) is 28.6 Å². The molecule has 1 spiro atoms. The van der Waals surface area contributed by atoms with E-state index in [1.807, 2.05) is 0 Å². The molecule has 2 saturated heterocycles. The van der Waals surface area contributed by atoms with Gasteiger partial charge >= 0.3 is 5.97 Å². The highest BCUT2D eigenvalue weighted by molar-refractivity contribution is 5.77. The van der Waals surface area contributed by atoms with Gasteiger partial charge in [0, 0.05) is 0 Å². The van der Waals surface area contributed by atoms with Crippen molar-refractivity contribution in [1.82, 2.24) is 0 Å². The smallest absolute Gasteiger partial charge is 0.311 e. The van der Waals surface area contributed by atoms with Crippen LogP contribution >= 0.6 is 0 Å². The fourth-order valence-electron chi connectivity index (χ4n) is 7.84. The summed E-state index contributed by atoms with van der Waals surface area (Å²) in [5.74, 6) is 1.42. The highest BCUT2D eigenvalue weighted by Gasteiger charge is 2.85. The molecule has 5 fully saturated rings. The maximum atomic E-state index is 12.7. The van der Waals surface area contributed by atoms with Gasteiger partial charge < -0.3 is 14.2 Å². The van der Waals surface area contributed by atoms with Crippen molar-refractivity contribution < 1.29 is 19.0 Å². The van der Waals surface area contributed by atoms with E-state index < -0.39 is 0 Å². The fraction of sp³-hybridized carbons (Fsp3) is 0.952. The van der Waals surface area contributed by atoms with Crippen LogP contribution in [0, 0.1) is 28.6 Å². The first-order chi connectivity index (χ1) is 11.8. The predicted octanol–water partition coefficient (Wildman–Crippen LogP) is 3.72. The van der Waals surface area contributed by atoms with Gasteiger partial charge in [0.15, 0.2) is 0 Å². The monoisotopic (exact) mass is 348 g/mol. The first-order valence-corrected chi connectivity index (χ1v) is 10.2. The van der Waals surface area contributed by atoms with Crippen molar-refractivity contribution >= 4 is 5.97 Å². The Balaban J connectivity index is 1.51. The minimum absolute atomic E-state index is 0.0114. The highest BCUT2D eigenvalue weighted by Crippen LogP contribution is 2.76. The Morgan fingerprint density at radius 3 is 2.56 bits per heavy atom. The first-order valence-electron chi connectivity index (χ1n) is 10.2. The number of hydrogen-bond acceptors (Lipinski definition) is 4. The summed E-state index contributed by atoms with van der Waals surface area (Å²) in [5.41, 5.74) is -0.176. The summed E-state index contributed by atoms with van der Waals surface area (Å²) in [6.07, 6.45) is 7.19. The summed E-state index contributed by atoms with van der Waals surface area (Å²) in [4.78, 5) is 12.7. The molecule has 0 bridgehead atoms. The minimum Gasteiger partial charge on any atom is -0.469 e. The van der Waals surface area contributed by atoms with Gasteiger partial charge in [-0.15, -0.1) is 0 Å². The Morgan fingerprint density at radius 2 is 1.88 bits per heavy atom. The van der Waals surface area contributed by atoms with E-state index >= 15 is 0 Å². The maximum absolute atomic E-state index is 12.7. The van der Waals surface area contributed by atoms with E-state index in [-0.39, 0.29) is 34.1 Å². The molecule has 0 aromatic rings. The quantitative estimate of drug-likeness (QED) is 0.564. The van der Waals surface area contributed by atoms with Gasteiger partial charge in [-0.1, -0.05) is 27.2 Å². The molecule has 3 saturated carbocycles. The molecule has 0 aromatic heterocycles. The lowest BCUT2D eigenvalue weighted by Gasteiger charge is -2.59. The molecule has 0 aromatic carbocycles. The Kier molecular flexibility index (Phi) is 3.06. The number of esters is 1. The molecule has 25 heavy (non-hydrogen) atoms. The van der Waals surface area contributed by atoms with Gasteiger partial charge in [-0.2, -0.15) is 0 Å². The number of methoxy groups -OCH3 is 1. The fourth-order valence-corrected chi connectivity index (χ4v) is 7.84. The molecule has 4 nitrogen and oxygen atoms in total. The number of carbonyl (C=O) groups is 1. The van der Waals surface area contributed by atoms with Crippen molar-refractivity contribution in [3.63, 3.8) is 0 Å². The van der Waals surface area contributed by atoms with Crippen molar-refractivity contribution in [2.45, 2.75) is 89.6 Å². The van der Waals surface area contributed by atoms with Crippen molar-refractivity contribution in [2.75, 3.05) is 7.11 Å². The number of fused-ring (bicyclic) bond motifs is 4. The summed E-state index contributed by atoms with van der Waals surface area (Å²) in [5, 5.41) is 0. The van der Waals surface area contributed by atoms with E-state index in [1.165, 1.54) is 6.42 Å². The van der Waals surface area contributed by atoms with Crippen molar-refractivity contribution in [3.8, 4) is 0 Å². The van der Waals surface area contributed by atoms with Crippen LogP contribution in [0.2, 0.25) is 0 Å². The van der Waals surface area contributed by atoms with Crippen LogP contribution in [0.3, 0.4) is 0 Å². The molecule has 5 aliphatic rings. The van der Waals surface area contributed by atoms with Crippen LogP contribution in [0.4, 0.5) is 0 Å². The number of carbonyl (C=O) groups excluding carboxylic acids is 1. The van der Waals surface area contributed by atoms with Crippen LogP contribution < -0.4 is 0 Å². The van der Waals surface area contributed by atoms with E-state index in [4.69, 9.17) is 14.2 Å². The second kappa shape index (κ2) is 4.62. The van der Waals surface area contributed by atoms with Crippen LogP contribution in [-0.4, -0.2) is 36.5 Å². The van der Waals surface area contributed by atoms with Gasteiger partial charge in [-0.05, 0) is 62.2 Å². The first kappa shape index (κ1) is 16.6. The zero-order valence-electron chi connectivity index (χ0n) is 16.3. The predicted molar refractivity (Wildman–Crippen MR) is 93.0 cm³/mol. The molecule has 8 unspecified atom stereocenters. The minimum atomic E-state index is -0.343. The summed E-state index contributed by atoms with van der Waals surface area (Å²) >= 11 is 0. The molecular weight excluding hydrogens is 316 g/mol. The van der Waals surface area contributed by atoms with Gasteiger partial charge in [0.25, 0.3) is 0 Å². The van der Waals surface area contributed by atoms with E-state index in [1.54, 1.807) is 7.11 Å². The molecule has 5 rings (SSSR count). The van der Waals surface area contributed by atoms with Crippen molar-refractivity contribution in [1.29, 1.82) is 0 Å². The topological polar surface area (TPSA) is 51.4 Å². The Hall–Kier alpha value is -0.610. The summed E-state index contributed by atoms with van der Waals surface area (Å²) in [7, 11) is 1.54. The van der Waals surface area contributed by atoms with Crippen molar-refractivity contribution in [3.05, 3.63) is 0 Å². The third-order valence-corrected chi connectivity index (χ3v) is 9.12. The van der Waals surface area contributed by atoms with E-state index in [0.717, 1.165) is 32.1 Å².